The summed E-state index contributed by atoms with van der Waals surface area (Å²) < 4.78 is 24.2. The van der Waals surface area contributed by atoms with Crippen LogP contribution in [-0.4, -0.2) is 29.1 Å². The number of aromatic nitrogens is 1. The molecule has 0 saturated carbocycles. The zero-order valence-electron chi connectivity index (χ0n) is 14.0. The second-order valence-corrected chi connectivity index (χ2v) is 6.11. The smallest absolute Gasteiger partial charge is 0.260 e. The Labute approximate surface area is 150 Å². The molecule has 0 unspecified atom stereocenters. The van der Waals surface area contributed by atoms with Crippen molar-refractivity contribution in [2.75, 3.05) is 13.2 Å². The van der Waals surface area contributed by atoms with Crippen LogP contribution in [0.1, 0.15) is 11.3 Å². The Hall–Kier alpha value is -3.15. The molecular weight excluding hydrogens is 335 g/mol. The Morgan fingerprint density at radius 1 is 1.15 bits per heavy atom. The minimum Gasteiger partial charge on any atom is -0.484 e. The minimum atomic E-state index is -0.308. The molecule has 0 atom stereocenters. The molecule has 26 heavy (non-hydrogen) atoms. The van der Waals surface area contributed by atoms with Crippen LogP contribution in [0.2, 0.25) is 0 Å². The number of rotatable bonds is 4. The van der Waals surface area contributed by atoms with E-state index in [0.717, 1.165) is 16.8 Å². The fraction of sp³-hybridized carbons (Fsp3) is 0.200. The molecule has 0 spiro atoms. The van der Waals surface area contributed by atoms with Gasteiger partial charge in [0.2, 0.25) is 0 Å². The molecule has 5 nitrogen and oxygen atoms in total. The maximum Gasteiger partial charge on any atom is 0.260 e. The van der Waals surface area contributed by atoms with Crippen LogP contribution in [0.5, 0.6) is 5.75 Å². The van der Waals surface area contributed by atoms with Gasteiger partial charge in [-0.2, -0.15) is 0 Å². The van der Waals surface area contributed by atoms with Gasteiger partial charge < -0.3 is 14.2 Å². The van der Waals surface area contributed by atoms with Crippen LogP contribution >= 0.6 is 0 Å². The van der Waals surface area contributed by atoms with E-state index in [1.165, 1.54) is 12.1 Å². The van der Waals surface area contributed by atoms with Gasteiger partial charge in [0.25, 0.3) is 5.91 Å². The monoisotopic (exact) mass is 352 g/mol. The predicted octanol–water partition coefficient (Wildman–Crippen LogP) is 3.44. The zero-order chi connectivity index (χ0) is 17.9. The van der Waals surface area contributed by atoms with Gasteiger partial charge in [0, 0.05) is 24.1 Å². The molecule has 132 valence electrons. The van der Waals surface area contributed by atoms with Crippen molar-refractivity contribution in [1.82, 2.24) is 10.1 Å². The molecule has 2 heterocycles. The summed E-state index contributed by atoms with van der Waals surface area (Å²) in [7, 11) is 0. The molecule has 2 aromatic carbocycles. The first-order valence-corrected chi connectivity index (χ1v) is 8.39. The van der Waals surface area contributed by atoms with Crippen LogP contribution in [-0.2, 0) is 17.8 Å². The topological polar surface area (TPSA) is 55.6 Å². The molecule has 3 aromatic rings. The van der Waals surface area contributed by atoms with Crippen LogP contribution in [0.4, 0.5) is 4.39 Å². The van der Waals surface area contributed by atoms with E-state index in [0.29, 0.717) is 31.0 Å². The summed E-state index contributed by atoms with van der Waals surface area (Å²) in [5.41, 5.74) is 2.46. The SMILES string of the molecule is O=C(COc1ccccc1)N1CCc2noc(-c3ccc(F)cc3)c2C1. The number of carbonyl (C=O) groups is 1. The van der Waals surface area contributed by atoms with Gasteiger partial charge in [-0.3, -0.25) is 4.79 Å². The van der Waals surface area contributed by atoms with Gasteiger partial charge in [-0.15, -0.1) is 0 Å². The molecule has 0 N–H and O–H groups in total. The first-order chi connectivity index (χ1) is 12.7. The highest BCUT2D eigenvalue weighted by atomic mass is 19.1. The van der Waals surface area contributed by atoms with Gasteiger partial charge in [-0.05, 0) is 36.4 Å². The van der Waals surface area contributed by atoms with E-state index < -0.39 is 0 Å². The number of fused-ring (bicyclic) bond motifs is 1. The van der Waals surface area contributed by atoms with Crippen LogP contribution in [0.3, 0.4) is 0 Å². The Kier molecular flexibility index (Phi) is 4.39. The van der Waals surface area contributed by atoms with Crippen molar-refractivity contribution < 1.29 is 18.4 Å². The van der Waals surface area contributed by atoms with Crippen molar-refractivity contribution in [3.05, 3.63) is 71.7 Å². The fourth-order valence-electron chi connectivity index (χ4n) is 3.01. The Morgan fingerprint density at radius 2 is 1.92 bits per heavy atom. The molecule has 4 rings (SSSR count). The first-order valence-electron chi connectivity index (χ1n) is 8.39. The summed E-state index contributed by atoms with van der Waals surface area (Å²) >= 11 is 0. The third kappa shape index (κ3) is 3.31. The standard InChI is InChI=1S/C20H17FN2O3/c21-15-8-6-14(7-9-15)20-17-12-23(11-10-18(17)22-26-20)19(24)13-25-16-4-2-1-3-5-16/h1-9H,10-13H2. The summed E-state index contributed by atoms with van der Waals surface area (Å²) in [5, 5.41) is 4.10. The molecule has 1 aromatic heterocycles. The maximum absolute atomic E-state index is 13.1. The van der Waals surface area contributed by atoms with Crippen LogP contribution < -0.4 is 4.74 Å². The third-order valence-corrected chi connectivity index (χ3v) is 4.40. The van der Waals surface area contributed by atoms with E-state index in [-0.39, 0.29) is 18.3 Å². The van der Waals surface area contributed by atoms with Crippen molar-refractivity contribution in [1.29, 1.82) is 0 Å². The third-order valence-electron chi connectivity index (χ3n) is 4.40. The summed E-state index contributed by atoms with van der Waals surface area (Å²) in [6, 6.07) is 15.3. The molecule has 0 aliphatic carbocycles. The molecule has 0 saturated heterocycles. The predicted molar refractivity (Wildman–Crippen MR) is 93.0 cm³/mol. The number of para-hydroxylation sites is 1. The molecule has 0 fully saturated rings. The van der Waals surface area contributed by atoms with Crippen LogP contribution in [0.15, 0.2) is 59.1 Å². The largest absolute Gasteiger partial charge is 0.484 e. The molecule has 6 heteroatoms. The Morgan fingerprint density at radius 3 is 2.69 bits per heavy atom. The van der Waals surface area contributed by atoms with Crippen molar-refractivity contribution in [3.63, 3.8) is 0 Å². The summed E-state index contributed by atoms with van der Waals surface area (Å²) in [6.45, 7) is 0.957. The Balaban J connectivity index is 1.47. The normalized spacial score (nSPS) is 13.3. The average Bonchev–Trinajstić information content (AvgIpc) is 3.11. The number of amides is 1. The average molecular weight is 352 g/mol. The number of benzene rings is 2. The van der Waals surface area contributed by atoms with E-state index in [9.17, 15) is 9.18 Å². The molecule has 0 bridgehead atoms. The van der Waals surface area contributed by atoms with Gasteiger partial charge in [-0.1, -0.05) is 23.4 Å². The van der Waals surface area contributed by atoms with Crippen molar-refractivity contribution >= 4 is 5.91 Å². The van der Waals surface area contributed by atoms with E-state index in [2.05, 4.69) is 5.16 Å². The Bertz CT molecular complexity index is 907. The van der Waals surface area contributed by atoms with Gasteiger partial charge in [0.1, 0.15) is 11.6 Å². The highest BCUT2D eigenvalue weighted by Gasteiger charge is 2.27. The van der Waals surface area contributed by atoms with Crippen molar-refractivity contribution in [2.45, 2.75) is 13.0 Å². The van der Waals surface area contributed by atoms with Gasteiger partial charge in [0.15, 0.2) is 12.4 Å². The maximum atomic E-state index is 13.1. The highest BCUT2D eigenvalue weighted by Crippen LogP contribution is 2.30. The summed E-state index contributed by atoms with van der Waals surface area (Å²) in [6.07, 6.45) is 0.622. The summed E-state index contributed by atoms with van der Waals surface area (Å²) in [5.74, 6) is 0.847. The lowest BCUT2D eigenvalue weighted by Gasteiger charge is -2.26. The summed E-state index contributed by atoms with van der Waals surface area (Å²) in [4.78, 5) is 14.2. The van der Waals surface area contributed by atoms with E-state index in [1.807, 2.05) is 30.3 Å². The van der Waals surface area contributed by atoms with Crippen molar-refractivity contribution in [2.24, 2.45) is 0 Å². The lowest BCUT2D eigenvalue weighted by Crippen LogP contribution is -2.38. The zero-order valence-corrected chi connectivity index (χ0v) is 14.0. The van der Waals surface area contributed by atoms with E-state index in [4.69, 9.17) is 9.26 Å². The molecule has 1 aliphatic rings. The molecular formula is C20H17FN2O3. The van der Waals surface area contributed by atoms with Crippen molar-refractivity contribution in [3.8, 4) is 17.1 Å². The number of carbonyl (C=O) groups excluding carboxylic acids is 1. The lowest BCUT2D eigenvalue weighted by molar-refractivity contribution is -0.134. The first kappa shape index (κ1) is 16.3. The minimum absolute atomic E-state index is 0.0174. The number of ether oxygens (including phenoxy) is 1. The van der Waals surface area contributed by atoms with Gasteiger partial charge in [0.05, 0.1) is 12.2 Å². The number of nitrogens with zero attached hydrogens (tertiary/aromatic N) is 2. The van der Waals surface area contributed by atoms with Crippen LogP contribution in [0, 0.1) is 5.82 Å². The molecule has 1 amide bonds. The van der Waals surface area contributed by atoms with E-state index in [1.54, 1.807) is 17.0 Å². The van der Waals surface area contributed by atoms with Gasteiger partial charge in [-0.25, -0.2) is 4.39 Å². The van der Waals surface area contributed by atoms with Gasteiger partial charge >= 0.3 is 0 Å². The number of halogens is 1. The number of hydrogen-bond donors (Lipinski definition) is 0. The highest BCUT2D eigenvalue weighted by molar-refractivity contribution is 5.78. The molecule has 1 aliphatic heterocycles. The lowest BCUT2D eigenvalue weighted by atomic mass is 10.0. The molecule has 0 radical (unpaired) electrons. The number of hydrogen-bond acceptors (Lipinski definition) is 4. The van der Waals surface area contributed by atoms with Crippen LogP contribution in [0.25, 0.3) is 11.3 Å². The second kappa shape index (κ2) is 7.00. The fourth-order valence-corrected chi connectivity index (χ4v) is 3.01. The van der Waals surface area contributed by atoms with E-state index >= 15 is 0 Å². The quantitative estimate of drug-likeness (QED) is 0.722. The second-order valence-electron chi connectivity index (χ2n) is 6.11.